The SMILES string of the molecule is C1=C(C2=NC(c3cccc(-c4cccnc4)c3)CC(c3cccc4ccccc34)N2)CCC2c3ccccc3C3(c4ccccc4-c4ccccc43)C12. The average molecular weight is 682 g/mol. The highest BCUT2D eigenvalue weighted by atomic mass is 15.1. The van der Waals surface area contributed by atoms with E-state index in [0.29, 0.717) is 5.92 Å². The van der Waals surface area contributed by atoms with Crippen molar-refractivity contribution < 1.29 is 0 Å². The fourth-order valence-electron chi connectivity index (χ4n) is 10.5. The summed E-state index contributed by atoms with van der Waals surface area (Å²) in [6.45, 7) is 0. The normalized spacial score (nSPS) is 21.9. The van der Waals surface area contributed by atoms with E-state index in [2.05, 4.69) is 162 Å². The first kappa shape index (κ1) is 30.6. The van der Waals surface area contributed by atoms with Crippen LogP contribution in [-0.4, -0.2) is 10.8 Å². The molecule has 53 heavy (non-hydrogen) atoms. The van der Waals surface area contributed by atoms with Crippen LogP contribution in [0.15, 0.2) is 181 Å². The molecule has 6 aromatic carbocycles. The predicted molar refractivity (Wildman–Crippen MR) is 216 cm³/mol. The third kappa shape index (κ3) is 4.59. The largest absolute Gasteiger partial charge is 0.363 e. The molecular weight excluding hydrogens is 643 g/mol. The van der Waals surface area contributed by atoms with Crippen LogP contribution in [0.4, 0.5) is 0 Å². The average Bonchev–Trinajstić information content (AvgIpc) is 3.71. The van der Waals surface area contributed by atoms with Gasteiger partial charge >= 0.3 is 0 Å². The van der Waals surface area contributed by atoms with Crippen LogP contribution < -0.4 is 5.32 Å². The molecule has 4 atom stereocenters. The van der Waals surface area contributed by atoms with Gasteiger partial charge < -0.3 is 5.32 Å². The molecule has 1 aromatic heterocycles. The quantitative estimate of drug-likeness (QED) is 0.201. The van der Waals surface area contributed by atoms with E-state index in [1.165, 1.54) is 66.4 Å². The summed E-state index contributed by atoms with van der Waals surface area (Å²) in [5.74, 6) is 1.78. The lowest BCUT2D eigenvalue weighted by atomic mass is 9.64. The lowest BCUT2D eigenvalue weighted by Crippen LogP contribution is -2.38. The lowest BCUT2D eigenvalue weighted by molar-refractivity contribution is 0.393. The van der Waals surface area contributed by atoms with Gasteiger partial charge in [-0.2, -0.15) is 0 Å². The molecule has 3 nitrogen and oxygen atoms in total. The molecule has 1 N–H and O–H groups in total. The van der Waals surface area contributed by atoms with Crippen LogP contribution in [-0.2, 0) is 5.41 Å². The molecule has 254 valence electrons. The van der Waals surface area contributed by atoms with Crippen LogP contribution in [0.2, 0.25) is 0 Å². The zero-order valence-corrected chi connectivity index (χ0v) is 29.5. The summed E-state index contributed by atoms with van der Waals surface area (Å²) in [6.07, 6.45) is 9.40. The minimum absolute atomic E-state index is 0.00753. The number of aliphatic imine (C=N–C) groups is 1. The third-order valence-corrected chi connectivity index (χ3v) is 12.6. The fourth-order valence-corrected chi connectivity index (χ4v) is 10.5. The van der Waals surface area contributed by atoms with Crippen molar-refractivity contribution in [2.24, 2.45) is 10.9 Å². The molecule has 11 rings (SSSR count). The van der Waals surface area contributed by atoms with E-state index >= 15 is 0 Å². The summed E-state index contributed by atoms with van der Waals surface area (Å²) in [4.78, 5) is 10.1. The number of benzene rings is 6. The van der Waals surface area contributed by atoms with E-state index in [4.69, 9.17) is 4.99 Å². The summed E-state index contributed by atoms with van der Waals surface area (Å²) in [5, 5.41) is 6.65. The molecule has 0 saturated carbocycles. The van der Waals surface area contributed by atoms with Crippen LogP contribution >= 0.6 is 0 Å². The van der Waals surface area contributed by atoms with Crippen LogP contribution in [0.1, 0.15) is 70.6 Å². The maximum atomic E-state index is 5.65. The first-order valence-electron chi connectivity index (χ1n) is 19.1. The zero-order valence-electron chi connectivity index (χ0n) is 29.5. The Morgan fingerprint density at radius 2 is 1.32 bits per heavy atom. The van der Waals surface area contributed by atoms with Crippen LogP contribution in [0.5, 0.6) is 0 Å². The van der Waals surface area contributed by atoms with Gasteiger partial charge in [-0.25, -0.2) is 0 Å². The number of allylic oxidation sites excluding steroid dienone is 1. The molecule has 3 heteroatoms. The lowest BCUT2D eigenvalue weighted by Gasteiger charge is -2.39. The predicted octanol–water partition coefficient (Wildman–Crippen LogP) is 11.5. The number of pyridine rings is 1. The zero-order chi connectivity index (χ0) is 34.9. The highest BCUT2D eigenvalue weighted by molar-refractivity contribution is 6.00. The minimum atomic E-state index is -0.234. The number of amidine groups is 1. The van der Waals surface area contributed by atoms with Gasteiger partial charge in [-0.05, 0) is 109 Å². The maximum absolute atomic E-state index is 5.65. The number of aromatic nitrogens is 1. The number of nitrogens with zero attached hydrogens (tertiary/aromatic N) is 2. The van der Waals surface area contributed by atoms with Crippen molar-refractivity contribution in [2.45, 2.75) is 42.7 Å². The van der Waals surface area contributed by atoms with E-state index in [1.807, 2.05) is 18.5 Å². The van der Waals surface area contributed by atoms with E-state index in [1.54, 1.807) is 0 Å². The number of nitrogens with one attached hydrogen (secondary N) is 1. The van der Waals surface area contributed by atoms with Crippen LogP contribution in [0, 0.1) is 5.92 Å². The van der Waals surface area contributed by atoms with Crippen molar-refractivity contribution in [3.8, 4) is 22.3 Å². The second-order valence-electron chi connectivity index (χ2n) is 15.2. The Labute approximate surface area is 310 Å². The summed E-state index contributed by atoms with van der Waals surface area (Å²) in [7, 11) is 0. The molecule has 1 spiro atoms. The monoisotopic (exact) mass is 681 g/mol. The number of hydrogen-bond donors (Lipinski definition) is 1. The van der Waals surface area contributed by atoms with Gasteiger partial charge in [0.2, 0.25) is 0 Å². The van der Waals surface area contributed by atoms with Crippen LogP contribution in [0.25, 0.3) is 33.0 Å². The van der Waals surface area contributed by atoms with E-state index in [9.17, 15) is 0 Å². The molecule has 2 heterocycles. The Morgan fingerprint density at radius 1 is 0.623 bits per heavy atom. The third-order valence-electron chi connectivity index (χ3n) is 12.6. The first-order chi connectivity index (χ1) is 26.3. The van der Waals surface area contributed by atoms with Gasteiger partial charge in [0.25, 0.3) is 0 Å². The summed E-state index contributed by atoms with van der Waals surface area (Å²) in [6, 6.07) is 56.4. The Bertz CT molecular complexity index is 2570. The minimum Gasteiger partial charge on any atom is -0.363 e. The van der Waals surface area contributed by atoms with E-state index < -0.39 is 0 Å². The van der Waals surface area contributed by atoms with Gasteiger partial charge in [-0.15, -0.1) is 0 Å². The number of hydrogen-bond acceptors (Lipinski definition) is 3. The Hall–Kier alpha value is -6.06. The highest BCUT2D eigenvalue weighted by Gasteiger charge is 2.58. The van der Waals surface area contributed by atoms with Crippen molar-refractivity contribution in [1.29, 1.82) is 0 Å². The number of rotatable bonds is 4. The van der Waals surface area contributed by atoms with Crippen molar-refractivity contribution >= 4 is 16.6 Å². The second kappa shape index (κ2) is 12.0. The molecule has 4 aliphatic rings. The van der Waals surface area contributed by atoms with Gasteiger partial charge in [-0.1, -0.05) is 146 Å². The van der Waals surface area contributed by atoms with E-state index in [-0.39, 0.29) is 23.4 Å². The molecule has 0 radical (unpaired) electrons. The Kier molecular flexibility index (Phi) is 6.92. The maximum Gasteiger partial charge on any atom is 0.124 e. The van der Waals surface area contributed by atoms with Crippen molar-refractivity contribution in [3.05, 3.63) is 209 Å². The standard InChI is InChI=1S/C50H39N3/c1-2-17-37-32(12-1)13-10-21-42(37)48-30-47(34-15-9-14-33(28-34)36-16-11-27-51-31-36)52-49(53-48)35-25-26-41-40-20-5-8-24-45(40)50(46(41)29-35)43-22-6-3-18-38(43)39-19-4-7-23-44(39)50/h1-24,27-29,31,41,46-48H,25-26,30H2,(H,52,53). The number of fused-ring (bicyclic) bond motifs is 11. The molecular formula is C50H39N3. The second-order valence-corrected chi connectivity index (χ2v) is 15.2. The molecule has 7 aromatic rings. The fraction of sp³-hybridized carbons (Fsp3) is 0.160. The Balaban J connectivity index is 1.08. The van der Waals surface area contributed by atoms with E-state index in [0.717, 1.165) is 30.7 Å². The van der Waals surface area contributed by atoms with Gasteiger partial charge in [0.05, 0.1) is 17.5 Å². The van der Waals surface area contributed by atoms with Gasteiger partial charge in [0.15, 0.2) is 0 Å². The van der Waals surface area contributed by atoms with Crippen LogP contribution in [0.3, 0.4) is 0 Å². The highest BCUT2D eigenvalue weighted by Crippen LogP contribution is 2.66. The van der Waals surface area contributed by atoms with Crippen molar-refractivity contribution in [2.75, 3.05) is 0 Å². The summed E-state index contributed by atoms with van der Waals surface area (Å²) >= 11 is 0. The van der Waals surface area contributed by atoms with Gasteiger partial charge in [0, 0.05) is 18.3 Å². The van der Waals surface area contributed by atoms with Crippen molar-refractivity contribution in [3.63, 3.8) is 0 Å². The molecule has 0 amide bonds. The smallest absolute Gasteiger partial charge is 0.124 e. The van der Waals surface area contributed by atoms with Gasteiger partial charge in [-0.3, -0.25) is 9.98 Å². The molecule has 0 bridgehead atoms. The van der Waals surface area contributed by atoms with Gasteiger partial charge in [0.1, 0.15) is 5.84 Å². The summed E-state index contributed by atoms with van der Waals surface area (Å²) in [5.41, 5.74) is 14.6. The first-order valence-corrected chi connectivity index (χ1v) is 19.1. The molecule has 0 fully saturated rings. The molecule has 4 unspecified atom stereocenters. The molecule has 1 aliphatic heterocycles. The molecule has 0 saturated heterocycles. The van der Waals surface area contributed by atoms with Crippen molar-refractivity contribution in [1.82, 2.24) is 10.3 Å². The Morgan fingerprint density at radius 3 is 2.15 bits per heavy atom. The summed E-state index contributed by atoms with van der Waals surface area (Å²) < 4.78 is 0. The molecule has 3 aliphatic carbocycles. The topological polar surface area (TPSA) is 37.3 Å².